The molecular weight excluding hydrogens is 315 g/mol. The Morgan fingerprint density at radius 1 is 1.12 bits per heavy atom. The molecule has 0 fully saturated rings. The molecule has 0 unspecified atom stereocenters. The van der Waals surface area contributed by atoms with Gasteiger partial charge in [-0.2, -0.15) is 0 Å². The van der Waals surface area contributed by atoms with Crippen molar-refractivity contribution < 1.29 is 9.50 Å². The second-order valence-electron chi connectivity index (χ2n) is 5.76. The number of nitrogens with zero attached hydrogens (tertiary/aromatic N) is 4. The van der Waals surface area contributed by atoms with Crippen LogP contribution >= 0.6 is 0 Å². The van der Waals surface area contributed by atoms with Crippen LogP contribution in [0.15, 0.2) is 33.9 Å². The van der Waals surface area contributed by atoms with Crippen LogP contribution in [-0.4, -0.2) is 30.2 Å². The number of aryl methyl sites for hydroxylation is 2. The predicted octanol–water partition coefficient (Wildman–Crippen LogP) is 0.410. The van der Waals surface area contributed by atoms with Crippen LogP contribution in [0.4, 0.5) is 4.39 Å². The number of rotatable bonds is 5. The number of benzene rings is 1. The van der Waals surface area contributed by atoms with Gasteiger partial charge in [-0.25, -0.2) is 9.18 Å². The number of hydrogen-bond donors (Lipinski definition) is 1. The summed E-state index contributed by atoms with van der Waals surface area (Å²) in [4.78, 5) is 25.0. The number of aliphatic hydroxyl groups is 1. The highest BCUT2D eigenvalue weighted by molar-refractivity contribution is 5.73. The molecule has 0 spiro atoms. The van der Waals surface area contributed by atoms with Gasteiger partial charge >= 0.3 is 5.69 Å². The molecule has 0 radical (unpaired) electrons. The summed E-state index contributed by atoms with van der Waals surface area (Å²) < 4.78 is 19.1. The molecule has 7 nitrogen and oxygen atoms in total. The summed E-state index contributed by atoms with van der Waals surface area (Å²) >= 11 is 0. The van der Waals surface area contributed by atoms with Gasteiger partial charge in [0.15, 0.2) is 11.2 Å². The van der Waals surface area contributed by atoms with Crippen LogP contribution in [-0.2, 0) is 27.2 Å². The number of halogens is 1. The molecule has 0 aliphatic rings. The first-order chi connectivity index (χ1) is 11.5. The van der Waals surface area contributed by atoms with E-state index in [0.29, 0.717) is 24.1 Å². The van der Waals surface area contributed by atoms with Gasteiger partial charge < -0.3 is 5.11 Å². The van der Waals surface area contributed by atoms with Gasteiger partial charge in [-0.05, 0) is 24.1 Å². The first-order valence-corrected chi connectivity index (χ1v) is 7.66. The molecule has 0 atom stereocenters. The number of fused-ring (bicyclic) bond motifs is 1. The Morgan fingerprint density at radius 3 is 2.42 bits per heavy atom. The summed E-state index contributed by atoms with van der Waals surface area (Å²) in [6, 6.07) is 6.06. The minimum atomic E-state index is -0.402. The van der Waals surface area contributed by atoms with Crippen molar-refractivity contribution in [1.29, 1.82) is 0 Å². The zero-order chi connectivity index (χ0) is 17.4. The lowest BCUT2D eigenvalue weighted by Crippen LogP contribution is -2.44. The normalized spacial score (nSPS) is 11.5. The Morgan fingerprint density at radius 2 is 1.79 bits per heavy atom. The lowest BCUT2D eigenvalue weighted by Gasteiger charge is -2.25. The van der Waals surface area contributed by atoms with E-state index in [1.165, 1.54) is 16.7 Å². The molecule has 0 saturated heterocycles. The highest BCUT2D eigenvalue weighted by atomic mass is 19.1. The molecule has 0 saturated carbocycles. The SMILES string of the molecule is Cn1c(=O)n(CCCO)c(=O)c2c1n(C)n2Cc1ccc(F)cc1. The fourth-order valence-electron chi connectivity index (χ4n) is 2.93. The molecule has 3 aromatic rings. The Labute approximate surface area is 136 Å². The maximum absolute atomic E-state index is 13.0. The van der Waals surface area contributed by atoms with E-state index < -0.39 is 5.69 Å². The third-order valence-corrected chi connectivity index (χ3v) is 4.21. The van der Waals surface area contributed by atoms with Crippen molar-refractivity contribution >= 4 is 11.2 Å². The van der Waals surface area contributed by atoms with E-state index in [1.807, 2.05) is 0 Å². The average molecular weight is 334 g/mol. The molecule has 0 aliphatic carbocycles. The van der Waals surface area contributed by atoms with Gasteiger partial charge in [0.1, 0.15) is 5.82 Å². The number of aliphatic hydroxyl groups excluding tert-OH is 1. The number of hydrogen-bond acceptors (Lipinski definition) is 3. The first kappa shape index (κ1) is 16.3. The smallest absolute Gasteiger partial charge is 0.332 e. The van der Waals surface area contributed by atoms with Crippen LogP contribution in [0.25, 0.3) is 11.2 Å². The number of aromatic nitrogens is 4. The highest BCUT2D eigenvalue weighted by Crippen LogP contribution is 2.15. The van der Waals surface area contributed by atoms with Crippen molar-refractivity contribution in [1.82, 2.24) is 18.5 Å². The minimum absolute atomic E-state index is 0.0914. The summed E-state index contributed by atoms with van der Waals surface area (Å²) in [5, 5.41) is 8.95. The van der Waals surface area contributed by atoms with Crippen molar-refractivity contribution in [3.63, 3.8) is 0 Å². The van der Waals surface area contributed by atoms with E-state index in [0.717, 1.165) is 10.1 Å². The molecule has 0 aliphatic heterocycles. The van der Waals surface area contributed by atoms with Crippen LogP contribution in [0, 0.1) is 5.82 Å². The van der Waals surface area contributed by atoms with Gasteiger partial charge in [-0.1, -0.05) is 12.1 Å². The maximum atomic E-state index is 13.0. The second kappa shape index (κ2) is 6.12. The minimum Gasteiger partial charge on any atom is -0.396 e. The summed E-state index contributed by atoms with van der Waals surface area (Å²) in [5.74, 6) is -0.315. The maximum Gasteiger partial charge on any atom is 0.332 e. The fourth-order valence-corrected chi connectivity index (χ4v) is 2.93. The Bertz CT molecular complexity index is 992. The molecule has 2 heterocycles. The molecule has 2 aromatic heterocycles. The van der Waals surface area contributed by atoms with E-state index in [4.69, 9.17) is 5.11 Å². The average Bonchev–Trinajstić information content (AvgIpc) is 2.57. The molecule has 0 amide bonds. The van der Waals surface area contributed by atoms with Crippen LogP contribution in [0.5, 0.6) is 0 Å². The van der Waals surface area contributed by atoms with Crippen LogP contribution in [0.2, 0.25) is 0 Å². The molecule has 128 valence electrons. The topological polar surface area (TPSA) is 74.1 Å². The highest BCUT2D eigenvalue weighted by Gasteiger charge is 2.21. The van der Waals surface area contributed by atoms with Crippen molar-refractivity contribution in [3.05, 3.63) is 56.5 Å². The van der Waals surface area contributed by atoms with Gasteiger partial charge in [0.25, 0.3) is 5.56 Å². The zero-order valence-corrected chi connectivity index (χ0v) is 13.6. The summed E-state index contributed by atoms with van der Waals surface area (Å²) in [7, 11) is 3.38. The third kappa shape index (κ3) is 2.48. The van der Waals surface area contributed by atoms with Gasteiger partial charge in [0.2, 0.25) is 0 Å². The van der Waals surface area contributed by atoms with E-state index in [9.17, 15) is 14.0 Å². The van der Waals surface area contributed by atoms with Crippen molar-refractivity contribution in [2.24, 2.45) is 14.1 Å². The van der Waals surface area contributed by atoms with E-state index >= 15 is 0 Å². The van der Waals surface area contributed by atoms with E-state index in [1.54, 1.807) is 35.6 Å². The Hall–Kier alpha value is -2.61. The van der Waals surface area contributed by atoms with Gasteiger partial charge in [0, 0.05) is 27.2 Å². The van der Waals surface area contributed by atoms with Gasteiger partial charge in [-0.15, -0.1) is 0 Å². The molecule has 1 aromatic carbocycles. The van der Waals surface area contributed by atoms with Gasteiger partial charge in [0.05, 0.1) is 6.54 Å². The Balaban J connectivity index is 2.11. The van der Waals surface area contributed by atoms with Crippen molar-refractivity contribution in [2.45, 2.75) is 19.5 Å². The second-order valence-corrected chi connectivity index (χ2v) is 5.76. The summed E-state index contributed by atoms with van der Waals surface area (Å²) in [6.45, 7) is 0.479. The van der Waals surface area contributed by atoms with Gasteiger partial charge in [-0.3, -0.25) is 23.3 Å². The van der Waals surface area contributed by atoms with Crippen LogP contribution in [0.3, 0.4) is 0 Å². The van der Waals surface area contributed by atoms with Crippen LogP contribution < -0.4 is 11.2 Å². The molecule has 24 heavy (non-hydrogen) atoms. The first-order valence-electron chi connectivity index (χ1n) is 7.66. The molecule has 1 N–H and O–H groups in total. The van der Waals surface area contributed by atoms with Crippen molar-refractivity contribution in [2.75, 3.05) is 6.61 Å². The van der Waals surface area contributed by atoms with E-state index in [2.05, 4.69) is 0 Å². The molecule has 0 bridgehead atoms. The monoisotopic (exact) mass is 334 g/mol. The van der Waals surface area contributed by atoms with Crippen molar-refractivity contribution in [3.8, 4) is 0 Å². The summed E-state index contributed by atoms with van der Waals surface area (Å²) in [5.41, 5.74) is 1.06. The lowest BCUT2D eigenvalue weighted by molar-refractivity contribution is 0.277. The fraction of sp³-hybridized carbons (Fsp3) is 0.375. The molecule has 3 rings (SSSR count). The third-order valence-electron chi connectivity index (χ3n) is 4.21. The predicted molar refractivity (Wildman–Crippen MR) is 87.6 cm³/mol. The van der Waals surface area contributed by atoms with Crippen LogP contribution in [0.1, 0.15) is 12.0 Å². The quantitative estimate of drug-likeness (QED) is 0.734. The zero-order valence-electron chi connectivity index (χ0n) is 13.6. The lowest BCUT2D eigenvalue weighted by atomic mass is 10.2. The molecular formula is C16H19FN4O3. The van der Waals surface area contributed by atoms with E-state index in [-0.39, 0.29) is 24.5 Å². The molecule has 8 heteroatoms. The summed E-state index contributed by atoms with van der Waals surface area (Å²) in [6.07, 6.45) is 0.335. The standard InChI is InChI=1S/C16H19FN4O3/c1-18-14-13(15(23)20(16(18)24)8-3-9-22)21(19(14)2)10-11-4-6-12(17)7-5-11/h4-7,22H,3,8-10H2,1-2H3. The largest absolute Gasteiger partial charge is 0.396 e. The Kier molecular flexibility index (Phi) is 4.15.